The summed E-state index contributed by atoms with van der Waals surface area (Å²) < 4.78 is 1.75. The molecule has 1 N–H and O–H groups in total. The van der Waals surface area contributed by atoms with Crippen molar-refractivity contribution in [2.24, 2.45) is 0 Å². The molecular weight excluding hydrogens is 288 g/mol. The molecule has 0 unspecified atom stereocenters. The SMILES string of the molecule is Cc1ccc([C@H](O)Cn2cc(CCN3CCCCC3)nn2)cc1. The molecule has 1 aliphatic heterocycles. The maximum Gasteiger partial charge on any atom is 0.0986 e. The van der Waals surface area contributed by atoms with E-state index in [1.165, 1.54) is 37.9 Å². The fourth-order valence-electron chi connectivity index (χ4n) is 3.07. The highest BCUT2D eigenvalue weighted by atomic mass is 16.3. The van der Waals surface area contributed by atoms with Gasteiger partial charge in [-0.2, -0.15) is 0 Å². The molecule has 1 aliphatic rings. The van der Waals surface area contributed by atoms with E-state index >= 15 is 0 Å². The van der Waals surface area contributed by atoms with Gasteiger partial charge in [-0.25, -0.2) is 4.68 Å². The van der Waals surface area contributed by atoms with Gasteiger partial charge in [-0.15, -0.1) is 5.10 Å². The van der Waals surface area contributed by atoms with Crippen molar-refractivity contribution in [2.75, 3.05) is 19.6 Å². The summed E-state index contributed by atoms with van der Waals surface area (Å²) in [7, 11) is 0. The van der Waals surface area contributed by atoms with Crippen LogP contribution in [0.15, 0.2) is 30.5 Å². The van der Waals surface area contributed by atoms with Gasteiger partial charge in [0.25, 0.3) is 0 Å². The van der Waals surface area contributed by atoms with Crippen molar-refractivity contribution in [3.8, 4) is 0 Å². The minimum Gasteiger partial charge on any atom is -0.386 e. The highest BCUT2D eigenvalue weighted by molar-refractivity contribution is 5.22. The Kier molecular flexibility index (Phi) is 5.41. The summed E-state index contributed by atoms with van der Waals surface area (Å²) in [5, 5.41) is 18.7. The summed E-state index contributed by atoms with van der Waals surface area (Å²) in [5.41, 5.74) is 3.12. The molecule has 124 valence electrons. The Balaban J connectivity index is 1.51. The van der Waals surface area contributed by atoms with Crippen LogP contribution in [0.3, 0.4) is 0 Å². The number of hydrogen-bond acceptors (Lipinski definition) is 4. The normalized spacial score (nSPS) is 17.3. The van der Waals surface area contributed by atoms with Crippen LogP contribution in [0.4, 0.5) is 0 Å². The van der Waals surface area contributed by atoms with Gasteiger partial charge in [0.1, 0.15) is 0 Å². The second-order valence-electron chi connectivity index (χ2n) is 6.51. The highest BCUT2D eigenvalue weighted by Crippen LogP contribution is 2.15. The van der Waals surface area contributed by atoms with Gasteiger partial charge in [0, 0.05) is 19.2 Å². The number of hydrogen-bond donors (Lipinski definition) is 1. The Bertz CT molecular complexity index is 602. The van der Waals surface area contributed by atoms with Crippen LogP contribution in [0, 0.1) is 6.92 Å². The fourth-order valence-corrected chi connectivity index (χ4v) is 3.07. The first-order chi connectivity index (χ1) is 11.2. The maximum atomic E-state index is 10.3. The smallest absolute Gasteiger partial charge is 0.0986 e. The fraction of sp³-hybridized carbons (Fsp3) is 0.556. The molecule has 2 heterocycles. The molecule has 1 aromatic carbocycles. The first-order valence-corrected chi connectivity index (χ1v) is 8.57. The number of aromatic nitrogens is 3. The van der Waals surface area contributed by atoms with Gasteiger partial charge in [-0.1, -0.05) is 41.5 Å². The maximum absolute atomic E-state index is 10.3. The van der Waals surface area contributed by atoms with Gasteiger partial charge in [-0.05, 0) is 38.4 Å². The van der Waals surface area contributed by atoms with E-state index in [9.17, 15) is 5.11 Å². The first-order valence-electron chi connectivity index (χ1n) is 8.57. The number of nitrogens with zero attached hydrogens (tertiary/aromatic N) is 4. The lowest BCUT2D eigenvalue weighted by Gasteiger charge is -2.25. The number of rotatable bonds is 6. The van der Waals surface area contributed by atoms with E-state index in [1.807, 2.05) is 37.4 Å². The van der Waals surface area contributed by atoms with E-state index in [-0.39, 0.29) is 0 Å². The van der Waals surface area contributed by atoms with Crippen molar-refractivity contribution in [1.82, 2.24) is 19.9 Å². The molecule has 1 atom stereocenters. The lowest BCUT2D eigenvalue weighted by molar-refractivity contribution is 0.150. The highest BCUT2D eigenvalue weighted by Gasteiger charge is 2.12. The molecule has 1 fully saturated rings. The van der Waals surface area contributed by atoms with E-state index in [0.717, 1.165) is 24.2 Å². The number of aliphatic hydroxyl groups is 1. The average molecular weight is 314 g/mol. The molecule has 0 amide bonds. The number of likely N-dealkylation sites (tertiary alicyclic amines) is 1. The van der Waals surface area contributed by atoms with Gasteiger partial charge < -0.3 is 10.0 Å². The zero-order chi connectivity index (χ0) is 16.1. The van der Waals surface area contributed by atoms with E-state index in [1.54, 1.807) is 4.68 Å². The van der Waals surface area contributed by atoms with Crippen LogP contribution in [0.5, 0.6) is 0 Å². The predicted octanol–water partition coefficient (Wildman–Crippen LogP) is 2.35. The second kappa shape index (κ2) is 7.70. The summed E-state index contributed by atoms with van der Waals surface area (Å²) in [5.74, 6) is 0. The molecule has 0 spiro atoms. The van der Waals surface area contributed by atoms with E-state index in [0.29, 0.717) is 6.54 Å². The summed E-state index contributed by atoms with van der Waals surface area (Å²) in [6, 6.07) is 7.97. The molecule has 0 radical (unpaired) electrons. The van der Waals surface area contributed by atoms with Crippen LogP contribution in [0.1, 0.15) is 42.2 Å². The molecule has 5 heteroatoms. The second-order valence-corrected chi connectivity index (χ2v) is 6.51. The van der Waals surface area contributed by atoms with Crippen LogP contribution in [0.2, 0.25) is 0 Å². The minimum absolute atomic E-state index is 0.444. The van der Waals surface area contributed by atoms with Crippen molar-refractivity contribution in [3.05, 3.63) is 47.3 Å². The zero-order valence-corrected chi connectivity index (χ0v) is 13.9. The van der Waals surface area contributed by atoms with Gasteiger partial charge in [0.05, 0.1) is 18.3 Å². The molecular formula is C18H26N4O. The van der Waals surface area contributed by atoms with Crippen LogP contribution in [-0.2, 0) is 13.0 Å². The number of benzene rings is 1. The van der Waals surface area contributed by atoms with Crippen LogP contribution < -0.4 is 0 Å². The van der Waals surface area contributed by atoms with Gasteiger partial charge in [-0.3, -0.25) is 0 Å². The number of aliphatic hydroxyl groups excluding tert-OH is 1. The monoisotopic (exact) mass is 314 g/mol. The Morgan fingerprint density at radius 2 is 1.87 bits per heavy atom. The molecule has 5 nitrogen and oxygen atoms in total. The molecule has 0 saturated carbocycles. The molecule has 2 aromatic rings. The quantitative estimate of drug-likeness (QED) is 0.889. The van der Waals surface area contributed by atoms with Crippen molar-refractivity contribution < 1.29 is 5.11 Å². The number of piperidine rings is 1. The van der Waals surface area contributed by atoms with E-state index < -0.39 is 6.10 Å². The lowest BCUT2D eigenvalue weighted by atomic mass is 10.1. The zero-order valence-electron chi connectivity index (χ0n) is 13.9. The molecule has 3 rings (SSSR count). The number of aryl methyl sites for hydroxylation is 1. The van der Waals surface area contributed by atoms with Crippen LogP contribution in [0.25, 0.3) is 0 Å². The first kappa shape index (κ1) is 16.1. The minimum atomic E-state index is -0.549. The Labute approximate surface area is 137 Å². The largest absolute Gasteiger partial charge is 0.386 e. The van der Waals surface area contributed by atoms with Gasteiger partial charge >= 0.3 is 0 Å². The molecule has 23 heavy (non-hydrogen) atoms. The Hall–Kier alpha value is -1.72. The molecule has 0 bridgehead atoms. The van der Waals surface area contributed by atoms with Crippen molar-refractivity contribution in [1.29, 1.82) is 0 Å². The summed E-state index contributed by atoms with van der Waals surface area (Å²) in [6.07, 6.45) is 6.34. The third kappa shape index (κ3) is 4.62. The Morgan fingerprint density at radius 3 is 2.61 bits per heavy atom. The summed E-state index contributed by atoms with van der Waals surface area (Å²) >= 11 is 0. The third-order valence-electron chi connectivity index (χ3n) is 4.54. The summed E-state index contributed by atoms with van der Waals surface area (Å²) in [4.78, 5) is 2.50. The topological polar surface area (TPSA) is 54.2 Å². The molecule has 1 aromatic heterocycles. The van der Waals surface area contributed by atoms with Crippen LogP contribution in [-0.4, -0.2) is 44.6 Å². The molecule has 0 aliphatic carbocycles. The summed E-state index contributed by atoms with van der Waals surface area (Å²) in [6.45, 7) is 5.96. The Morgan fingerprint density at radius 1 is 1.13 bits per heavy atom. The predicted molar refractivity (Wildman–Crippen MR) is 90.2 cm³/mol. The van der Waals surface area contributed by atoms with Crippen molar-refractivity contribution >= 4 is 0 Å². The van der Waals surface area contributed by atoms with Gasteiger partial charge in [0.2, 0.25) is 0 Å². The standard InChI is InChI=1S/C18H26N4O/c1-15-5-7-16(8-6-15)18(23)14-22-13-17(19-20-22)9-12-21-10-3-2-4-11-21/h5-8,13,18,23H,2-4,9-12,14H2,1H3/t18-/m1/s1. The van der Waals surface area contributed by atoms with Crippen molar-refractivity contribution in [3.63, 3.8) is 0 Å². The van der Waals surface area contributed by atoms with Gasteiger partial charge in [0.15, 0.2) is 0 Å². The molecule has 1 saturated heterocycles. The average Bonchev–Trinajstić information content (AvgIpc) is 3.02. The van der Waals surface area contributed by atoms with Crippen molar-refractivity contribution in [2.45, 2.75) is 45.3 Å². The van der Waals surface area contributed by atoms with E-state index in [4.69, 9.17) is 0 Å². The third-order valence-corrected chi connectivity index (χ3v) is 4.54. The van der Waals surface area contributed by atoms with Crippen LogP contribution >= 0.6 is 0 Å². The van der Waals surface area contributed by atoms with E-state index in [2.05, 4.69) is 15.2 Å². The lowest BCUT2D eigenvalue weighted by Crippen LogP contribution is -2.31.